The summed E-state index contributed by atoms with van der Waals surface area (Å²) in [4.78, 5) is 0. The van der Waals surface area contributed by atoms with Crippen LogP contribution >= 0.6 is 0 Å². The van der Waals surface area contributed by atoms with E-state index in [4.69, 9.17) is 0 Å². The van der Waals surface area contributed by atoms with E-state index < -0.39 is 0 Å². The van der Waals surface area contributed by atoms with Gasteiger partial charge in [-0.1, -0.05) is 55.5 Å². The van der Waals surface area contributed by atoms with Crippen LogP contribution in [0.25, 0.3) is 0 Å². The quantitative estimate of drug-likeness (QED) is 0.854. The van der Waals surface area contributed by atoms with Crippen LogP contribution in [0.2, 0.25) is 0 Å². The second kappa shape index (κ2) is 5.83. The van der Waals surface area contributed by atoms with Crippen molar-refractivity contribution in [3.63, 3.8) is 0 Å². The van der Waals surface area contributed by atoms with Gasteiger partial charge in [-0.3, -0.25) is 0 Å². The van der Waals surface area contributed by atoms with Gasteiger partial charge >= 0.3 is 0 Å². The zero-order valence-electron chi connectivity index (χ0n) is 11.4. The lowest BCUT2D eigenvalue weighted by atomic mass is 9.94. The molecule has 0 fully saturated rings. The maximum absolute atomic E-state index is 3.43. The Balaban J connectivity index is 2.42. The molecule has 94 valence electrons. The Morgan fingerprint density at radius 2 is 1.83 bits per heavy atom. The van der Waals surface area contributed by atoms with Gasteiger partial charge in [0, 0.05) is 0 Å². The first-order valence-corrected chi connectivity index (χ1v) is 6.58. The number of hydrogen-bond donors (Lipinski definition) is 1. The molecule has 1 atom stereocenters. The molecule has 18 heavy (non-hydrogen) atoms. The summed E-state index contributed by atoms with van der Waals surface area (Å²) in [5.74, 6) is 0. The van der Waals surface area contributed by atoms with Crippen molar-refractivity contribution in [3.8, 4) is 0 Å². The largest absolute Gasteiger partial charge is 0.309 e. The normalized spacial score (nSPS) is 12.4. The fraction of sp³-hybridized carbons (Fsp3) is 0.294. The minimum Gasteiger partial charge on any atom is -0.309 e. The molecule has 0 aliphatic heterocycles. The van der Waals surface area contributed by atoms with Crippen LogP contribution in [0, 0.1) is 6.92 Å². The Morgan fingerprint density at radius 1 is 1.06 bits per heavy atom. The minimum absolute atomic E-state index is 0.276. The second-order valence-corrected chi connectivity index (χ2v) is 4.68. The topological polar surface area (TPSA) is 12.0 Å². The molecule has 2 rings (SSSR count). The molecule has 0 bridgehead atoms. The molecular formula is C17H21N. The number of hydrogen-bond acceptors (Lipinski definition) is 1. The molecule has 0 aliphatic rings. The molecule has 1 N–H and O–H groups in total. The number of rotatable bonds is 4. The van der Waals surface area contributed by atoms with Crippen LogP contribution in [0.1, 0.15) is 35.2 Å². The van der Waals surface area contributed by atoms with Crippen molar-refractivity contribution in [2.75, 3.05) is 7.05 Å². The Bertz CT molecular complexity index is 517. The molecule has 2 aromatic rings. The summed E-state index contributed by atoms with van der Waals surface area (Å²) in [6.45, 7) is 4.37. The highest BCUT2D eigenvalue weighted by Crippen LogP contribution is 2.25. The molecule has 0 saturated heterocycles. The van der Waals surface area contributed by atoms with Crippen molar-refractivity contribution >= 4 is 0 Å². The average Bonchev–Trinajstić information content (AvgIpc) is 2.42. The molecule has 0 aliphatic carbocycles. The maximum atomic E-state index is 3.43. The van der Waals surface area contributed by atoms with Gasteiger partial charge in [0.1, 0.15) is 0 Å². The highest BCUT2D eigenvalue weighted by molar-refractivity contribution is 5.38. The maximum Gasteiger partial charge on any atom is 0.0576 e. The van der Waals surface area contributed by atoms with Crippen LogP contribution in [0.5, 0.6) is 0 Å². The molecular weight excluding hydrogens is 218 g/mol. The molecule has 0 spiro atoms. The minimum atomic E-state index is 0.276. The van der Waals surface area contributed by atoms with Crippen LogP contribution in [-0.2, 0) is 6.42 Å². The van der Waals surface area contributed by atoms with Crippen molar-refractivity contribution in [2.24, 2.45) is 0 Å². The number of nitrogens with one attached hydrogen (secondary N) is 1. The molecule has 1 heteroatoms. The summed E-state index contributed by atoms with van der Waals surface area (Å²) < 4.78 is 0. The summed E-state index contributed by atoms with van der Waals surface area (Å²) in [5.41, 5.74) is 5.42. The highest BCUT2D eigenvalue weighted by Gasteiger charge is 2.13. The van der Waals surface area contributed by atoms with Gasteiger partial charge < -0.3 is 5.32 Å². The molecule has 1 unspecified atom stereocenters. The van der Waals surface area contributed by atoms with Gasteiger partial charge in [0.2, 0.25) is 0 Å². The third-order valence-corrected chi connectivity index (χ3v) is 3.48. The van der Waals surface area contributed by atoms with Gasteiger partial charge in [0.15, 0.2) is 0 Å². The fourth-order valence-corrected chi connectivity index (χ4v) is 2.41. The van der Waals surface area contributed by atoms with E-state index in [1.54, 1.807) is 0 Å². The summed E-state index contributed by atoms with van der Waals surface area (Å²) in [6.07, 6.45) is 1.08. The smallest absolute Gasteiger partial charge is 0.0576 e. The molecule has 0 saturated carbocycles. The lowest BCUT2D eigenvalue weighted by molar-refractivity contribution is 0.686. The first kappa shape index (κ1) is 12.8. The van der Waals surface area contributed by atoms with Gasteiger partial charge in [-0.05, 0) is 42.6 Å². The Labute approximate surface area is 110 Å². The van der Waals surface area contributed by atoms with Crippen LogP contribution in [-0.4, -0.2) is 7.05 Å². The van der Waals surface area contributed by atoms with Crippen LogP contribution in [0.4, 0.5) is 0 Å². The number of benzene rings is 2. The first-order valence-electron chi connectivity index (χ1n) is 6.58. The van der Waals surface area contributed by atoms with Gasteiger partial charge in [0.05, 0.1) is 6.04 Å². The van der Waals surface area contributed by atoms with Crippen LogP contribution in [0.3, 0.4) is 0 Å². The molecule has 0 heterocycles. The summed E-state index contributed by atoms with van der Waals surface area (Å²) in [5, 5.41) is 3.43. The van der Waals surface area contributed by atoms with Gasteiger partial charge in [-0.2, -0.15) is 0 Å². The van der Waals surface area contributed by atoms with Crippen molar-refractivity contribution in [1.82, 2.24) is 5.32 Å². The first-order chi connectivity index (χ1) is 8.76. The van der Waals surface area contributed by atoms with E-state index >= 15 is 0 Å². The molecule has 0 radical (unpaired) electrons. The second-order valence-electron chi connectivity index (χ2n) is 4.68. The van der Waals surface area contributed by atoms with E-state index in [-0.39, 0.29) is 6.04 Å². The van der Waals surface area contributed by atoms with Crippen molar-refractivity contribution in [3.05, 3.63) is 70.8 Å². The van der Waals surface area contributed by atoms with Crippen LogP contribution in [0.15, 0.2) is 48.5 Å². The predicted octanol–water partition coefficient (Wildman–Crippen LogP) is 3.87. The monoisotopic (exact) mass is 239 g/mol. The Hall–Kier alpha value is -1.60. The van der Waals surface area contributed by atoms with Gasteiger partial charge in [0.25, 0.3) is 0 Å². The third kappa shape index (κ3) is 2.62. The third-order valence-electron chi connectivity index (χ3n) is 3.48. The lowest BCUT2D eigenvalue weighted by Gasteiger charge is -2.20. The molecule has 0 amide bonds. The Kier molecular flexibility index (Phi) is 4.16. The predicted molar refractivity (Wildman–Crippen MR) is 77.9 cm³/mol. The molecule has 1 nitrogen and oxygen atoms in total. The van der Waals surface area contributed by atoms with E-state index in [1.165, 1.54) is 22.3 Å². The van der Waals surface area contributed by atoms with Gasteiger partial charge in [-0.15, -0.1) is 0 Å². The Morgan fingerprint density at radius 3 is 2.50 bits per heavy atom. The van der Waals surface area contributed by atoms with Gasteiger partial charge in [-0.25, -0.2) is 0 Å². The van der Waals surface area contributed by atoms with E-state index in [0.29, 0.717) is 0 Å². The standard InChI is InChI=1S/C17H21N/c1-4-14-9-7-10-15(12-14)17(18-3)16-11-6-5-8-13(16)2/h5-12,17-18H,4H2,1-3H3. The number of aryl methyl sites for hydroxylation is 2. The molecule has 2 aromatic carbocycles. The van der Waals surface area contributed by atoms with E-state index in [9.17, 15) is 0 Å². The SMILES string of the molecule is CCc1cccc(C(NC)c2ccccc2C)c1. The van der Waals surface area contributed by atoms with E-state index in [0.717, 1.165) is 6.42 Å². The van der Waals surface area contributed by atoms with Crippen molar-refractivity contribution in [2.45, 2.75) is 26.3 Å². The molecule has 0 aromatic heterocycles. The summed E-state index contributed by atoms with van der Waals surface area (Å²) in [7, 11) is 2.02. The zero-order chi connectivity index (χ0) is 13.0. The van der Waals surface area contributed by atoms with E-state index in [2.05, 4.69) is 67.7 Å². The highest BCUT2D eigenvalue weighted by atomic mass is 14.9. The van der Waals surface area contributed by atoms with Crippen LogP contribution < -0.4 is 5.32 Å². The van der Waals surface area contributed by atoms with E-state index in [1.807, 2.05) is 7.05 Å². The fourth-order valence-electron chi connectivity index (χ4n) is 2.41. The summed E-state index contributed by atoms with van der Waals surface area (Å²) in [6, 6.07) is 17.7. The van der Waals surface area contributed by atoms with Crippen molar-refractivity contribution < 1.29 is 0 Å². The average molecular weight is 239 g/mol. The lowest BCUT2D eigenvalue weighted by Crippen LogP contribution is -2.18. The zero-order valence-corrected chi connectivity index (χ0v) is 11.4. The summed E-state index contributed by atoms with van der Waals surface area (Å²) >= 11 is 0. The van der Waals surface area contributed by atoms with Crippen molar-refractivity contribution in [1.29, 1.82) is 0 Å².